The Balaban J connectivity index is 1.40. The lowest BCUT2D eigenvalue weighted by atomic mass is 10.1. The molecular formula is C21H21FN2OS2. The number of thioether (sulfide) groups is 1. The Morgan fingerprint density at radius 1 is 1.22 bits per heavy atom. The van der Waals surface area contributed by atoms with Crippen molar-refractivity contribution in [3.05, 3.63) is 76.5 Å². The van der Waals surface area contributed by atoms with Crippen LogP contribution in [0.4, 0.5) is 4.39 Å². The third kappa shape index (κ3) is 5.91. The van der Waals surface area contributed by atoms with Crippen molar-refractivity contribution in [2.75, 3.05) is 12.3 Å². The van der Waals surface area contributed by atoms with Gasteiger partial charge in [-0.05, 0) is 24.6 Å². The maximum Gasteiger partial charge on any atom is 0.226 e. The van der Waals surface area contributed by atoms with Crippen LogP contribution in [0.25, 0.3) is 10.6 Å². The topological polar surface area (TPSA) is 42.0 Å². The van der Waals surface area contributed by atoms with Crippen molar-refractivity contribution in [2.45, 2.75) is 19.1 Å². The van der Waals surface area contributed by atoms with Crippen LogP contribution in [0.2, 0.25) is 0 Å². The van der Waals surface area contributed by atoms with E-state index in [9.17, 15) is 9.18 Å². The molecule has 2 aromatic carbocycles. The van der Waals surface area contributed by atoms with Crippen molar-refractivity contribution in [3.63, 3.8) is 0 Å². The monoisotopic (exact) mass is 400 g/mol. The summed E-state index contributed by atoms with van der Waals surface area (Å²) in [6, 6.07) is 15.0. The largest absolute Gasteiger partial charge is 0.355 e. The molecular weight excluding hydrogens is 379 g/mol. The number of aryl methyl sites for hydroxylation is 1. The number of hydrogen-bond acceptors (Lipinski definition) is 4. The molecule has 0 saturated carbocycles. The lowest BCUT2D eigenvalue weighted by molar-refractivity contribution is -0.120. The average Bonchev–Trinajstić information content (AvgIpc) is 3.11. The number of aromatic nitrogens is 1. The molecule has 3 aromatic rings. The van der Waals surface area contributed by atoms with Crippen LogP contribution in [0.3, 0.4) is 0 Å². The molecule has 1 aromatic heterocycles. The molecule has 0 saturated heterocycles. The Hall–Kier alpha value is -2.18. The SMILES string of the molecule is Cc1cccc(-c2nc(CC(=O)NCCSCc3ccccc3F)cs2)c1. The molecule has 0 bridgehead atoms. The lowest BCUT2D eigenvalue weighted by Crippen LogP contribution is -2.27. The second kappa shape index (κ2) is 9.67. The molecule has 6 heteroatoms. The van der Waals surface area contributed by atoms with Crippen molar-refractivity contribution in [1.82, 2.24) is 10.3 Å². The van der Waals surface area contributed by atoms with Gasteiger partial charge >= 0.3 is 0 Å². The number of thiazole rings is 1. The van der Waals surface area contributed by atoms with Crippen LogP contribution in [0.15, 0.2) is 53.9 Å². The van der Waals surface area contributed by atoms with Gasteiger partial charge in [0.05, 0.1) is 12.1 Å². The molecule has 3 nitrogen and oxygen atoms in total. The molecule has 140 valence electrons. The number of hydrogen-bond donors (Lipinski definition) is 1. The maximum absolute atomic E-state index is 13.5. The van der Waals surface area contributed by atoms with Crippen LogP contribution in [-0.2, 0) is 17.0 Å². The van der Waals surface area contributed by atoms with Crippen LogP contribution >= 0.6 is 23.1 Å². The molecule has 0 fully saturated rings. The number of benzene rings is 2. The molecule has 1 amide bonds. The molecule has 1 heterocycles. The van der Waals surface area contributed by atoms with Gasteiger partial charge in [-0.25, -0.2) is 9.37 Å². The average molecular weight is 401 g/mol. The molecule has 0 aliphatic rings. The van der Waals surface area contributed by atoms with Crippen LogP contribution in [-0.4, -0.2) is 23.2 Å². The van der Waals surface area contributed by atoms with Crippen LogP contribution in [0.1, 0.15) is 16.8 Å². The van der Waals surface area contributed by atoms with E-state index in [1.165, 1.54) is 11.6 Å². The first kappa shape index (κ1) is 19.6. The number of nitrogens with zero attached hydrogens (tertiary/aromatic N) is 1. The Bertz CT molecular complexity index is 910. The molecule has 0 aliphatic carbocycles. The fraction of sp³-hybridized carbons (Fsp3) is 0.238. The second-order valence-corrected chi connectivity index (χ2v) is 8.15. The summed E-state index contributed by atoms with van der Waals surface area (Å²) in [6.45, 7) is 2.61. The standard InChI is InChI=1S/C21H21FN2OS2/c1-15-5-4-7-16(11-15)21-24-18(14-27-21)12-20(25)23-9-10-26-13-17-6-2-3-8-19(17)22/h2-8,11,14H,9-10,12-13H2,1H3,(H,23,25). The highest BCUT2D eigenvalue weighted by molar-refractivity contribution is 7.98. The van der Waals surface area contributed by atoms with E-state index in [4.69, 9.17) is 0 Å². The second-order valence-electron chi connectivity index (χ2n) is 6.18. The van der Waals surface area contributed by atoms with Crippen molar-refractivity contribution in [3.8, 4) is 10.6 Å². The van der Waals surface area contributed by atoms with Crippen LogP contribution in [0.5, 0.6) is 0 Å². The smallest absolute Gasteiger partial charge is 0.226 e. The van der Waals surface area contributed by atoms with E-state index >= 15 is 0 Å². The number of carbonyl (C=O) groups excluding carboxylic acids is 1. The zero-order chi connectivity index (χ0) is 19.1. The summed E-state index contributed by atoms with van der Waals surface area (Å²) >= 11 is 3.16. The molecule has 27 heavy (non-hydrogen) atoms. The van der Waals surface area contributed by atoms with Gasteiger partial charge in [0.15, 0.2) is 0 Å². The lowest BCUT2D eigenvalue weighted by Gasteiger charge is -2.05. The summed E-state index contributed by atoms with van der Waals surface area (Å²) in [6.07, 6.45) is 0.278. The molecule has 0 aliphatic heterocycles. The van der Waals surface area contributed by atoms with Crippen LogP contribution < -0.4 is 5.32 Å². The summed E-state index contributed by atoms with van der Waals surface area (Å²) < 4.78 is 13.5. The Labute approximate surface area is 167 Å². The summed E-state index contributed by atoms with van der Waals surface area (Å²) in [7, 11) is 0. The number of amides is 1. The number of rotatable bonds is 8. The number of nitrogens with one attached hydrogen (secondary N) is 1. The first-order chi connectivity index (χ1) is 13.1. The fourth-order valence-corrected chi connectivity index (χ4v) is 4.25. The highest BCUT2D eigenvalue weighted by Crippen LogP contribution is 2.24. The van der Waals surface area contributed by atoms with Gasteiger partial charge in [0.1, 0.15) is 10.8 Å². The highest BCUT2D eigenvalue weighted by atomic mass is 32.2. The zero-order valence-electron chi connectivity index (χ0n) is 15.1. The quantitative estimate of drug-likeness (QED) is 0.550. The molecule has 1 N–H and O–H groups in total. The van der Waals surface area contributed by atoms with Gasteiger partial charge < -0.3 is 5.32 Å². The van der Waals surface area contributed by atoms with E-state index in [0.717, 1.165) is 22.0 Å². The first-order valence-corrected chi connectivity index (χ1v) is 10.7. The van der Waals surface area contributed by atoms with Crippen molar-refractivity contribution >= 4 is 29.0 Å². The third-order valence-electron chi connectivity index (χ3n) is 3.94. The van der Waals surface area contributed by atoms with Gasteiger partial charge in [-0.3, -0.25) is 4.79 Å². The van der Waals surface area contributed by atoms with Gasteiger partial charge in [-0.2, -0.15) is 11.8 Å². The molecule has 0 atom stereocenters. The van der Waals surface area contributed by atoms with Crippen molar-refractivity contribution in [1.29, 1.82) is 0 Å². The zero-order valence-corrected chi connectivity index (χ0v) is 16.7. The molecule has 0 unspecified atom stereocenters. The highest BCUT2D eigenvalue weighted by Gasteiger charge is 2.09. The van der Waals surface area contributed by atoms with Crippen molar-refractivity contribution in [2.24, 2.45) is 0 Å². The summed E-state index contributed by atoms with van der Waals surface area (Å²) in [5, 5.41) is 5.77. The molecule has 0 spiro atoms. The predicted octanol–water partition coefficient (Wildman–Crippen LogP) is 4.85. The van der Waals surface area contributed by atoms with E-state index in [1.54, 1.807) is 35.2 Å². The molecule has 0 radical (unpaired) electrons. The van der Waals surface area contributed by atoms with Gasteiger partial charge in [0.2, 0.25) is 5.91 Å². The minimum Gasteiger partial charge on any atom is -0.355 e. The minimum absolute atomic E-state index is 0.0393. The van der Waals surface area contributed by atoms with E-state index in [1.807, 2.05) is 23.6 Å². The molecule has 3 rings (SSSR count). The van der Waals surface area contributed by atoms with Crippen LogP contribution in [0, 0.1) is 12.7 Å². The minimum atomic E-state index is -0.179. The Morgan fingerprint density at radius 2 is 2.07 bits per heavy atom. The normalized spacial score (nSPS) is 10.7. The number of carbonyl (C=O) groups is 1. The Morgan fingerprint density at radius 3 is 2.89 bits per heavy atom. The van der Waals surface area contributed by atoms with Gasteiger partial charge in [0, 0.05) is 29.0 Å². The van der Waals surface area contributed by atoms with E-state index in [-0.39, 0.29) is 18.1 Å². The van der Waals surface area contributed by atoms with Gasteiger partial charge in [-0.15, -0.1) is 11.3 Å². The first-order valence-electron chi connectivity index (χ1n) is 8.71. The van der Waals surface area contributed by atoms with E-state index in [0.29, 0.717) is 17.9 Å². The Kier molecular flexibility index (Phi) is 7.01. The summed E-state index contributed by atoms with van der Waals surface area (Å²) in [4.78, 5) is 16.7. The fourth-order valence-electron chi connectivity index (χ4n) is 2.59. The van der Waals surface area contributed by atoms with E-state index < -0.39 is 0 Å². The van der Waals surface area contributed by atoms with E-state index in [2.05, 4.69) is 29.4 Å². The van der Waals surface area contributed by atoms with Gasteiger partial charge in [-0.1, -0.05) is 42.0 Å². The maximum atomic E-state index is 13.5. The third-order valence-corrected chi connectivity index (χ3v) is 5.89. The summed E-state index contributed by atoms with van der Waals surface area (Å²) in [5.74, 6) is 1.13. The summed E-state index contributed by atoms with van der Waals surface area (Å²) in [5.41, 5.74) is 3.75. The van der Waals surface area contributed by atoms with Crippen molar-refractivity contribution < 1.29 is 9.18 Å². The number of halogens is 1. The van der Waals surface area contributed by atoms with Gasteiger partial charge in [0.25, 0.3) is 0 Å². The predicted molar refractivity (Wildman–Crippen MR) is 112 cm³/mol.